The molecule has 4 heteroatoms. The molecule has 76 valence electrons. The molecule has 1 amide bonds. The fraction of sp³-hybridized carbons (Fsp3) is 0.300. The van der Waals surface area contributed by atoms with Gasteiger partial charge in [0.2, 0.25) is 5.91 Å². The molecule has 1 aromatic carbocycles. The summed E-state index contributed by atoms with van der Waals surface area (Å²) in [7, 11) is 1.59. The Hall–Kier alpha value is -1.22. The van der Waals surface area contributed by atoms with Gasteiger partial charge in [-0.15, -0.1) is 11.6 Å². The van der Waals surface area contributed by atoms with Crippen molar-refractivity contribution in [2.75, 3.05) is 12.4 Å². The molecule has 0 fully saturated rings. The standard InChI is InChI=1S/C10H12ClNO2/c1-7(11)10(13)12-8-3-5-9(14-2)6-4-8/h3-7H,1-2H3,(H,12,13). The fourth-order valence-corrected chi connectivity index (χ4v) is 0.971. The lowest BCUT2D eigenvalue weighted by Gasteiger charge is -2.06. The lowest BCUT2D eigenvalue weighted by Crippen LogP contribution is -2.20. The second-order valence-corrected chi connectivity index (χ2v) is 3.49. The van der Waals surface area contributed by atoms with E-state index < -0.39 is 5.38 Å². The van der Waals surface area contributed by atoms with Gasteiger partial charge in [0, 0.05) is 5.69 Å². The third-order valence-corrected chi connectivity index (χ3v) is 1.92. The van der Waals surface area contributed by atoms with Gasteiger partial charge in [0.05, 0.1) is 7.11 Å². The largest absolute Gasteiger partial charge is 0.497 e. The minimum atomic E-state index is -0.530. The summed E-state index contributed by atoms with van der Waals surface area (Å²) >= 11 is 5.60. The Bertz CT molecular complexity index is 308. The first-order valence-corrected chi connectivity index (χ1v) is 4.66. The van der Waals surface area contributed by atoms with Crippen LogP contribution in [0.25, 0.3) is 0 Å². The second kappa shape index (κ2) is 4.86. The zero-order chi connectivity index (χ0) is 10.6. The van der Waals surface area contributed by atoms with E-state index in [0.29, 0.717) is 5.69 Å². The van der Waals surface area contributed by atoms with E-state index in [-0.39, 0.29) is 5.91 Å². The molecule has 0 saturated heterocycles. The number of nitrogens with one attached hydrogen (secondary N) is 1. The van der Waals surface area contributed by atoms with Gasteiger partial charge >= 0.3 is 0 Å². The Morgan fingerprint density at radius 3 is 2.43 bits per heavy atom. The van der Waals surface area contributed by atoms with Crippen molar-refractivity contribution in [3.63, 3.8) is 0 Å². The minimum Gasteiger partial charge on any atom is -0.497 e. The van der Waals surface area contributed by atoms with E-state index in [1.807, 2.05) is 0 Å². The van der Waals surface area contributed by atoms with Gasteiger partial charge in [-0.05, 0) is 31.2 Å². The van der Waals surface area contributed by atoms with Crippen LogP contribution >= 0.6 is 11.6 Å². The number of carbonyl (C=O) groups excluding carboxylic acids is 1. The van der Waals surface area contributed by atoms with Gasteiger partial charge in [-0.25, -0.2) is 0 Å². The van der Waals surface area contributed by atoms with Gasteiger partial charge < -0.3 is 10.1 Å². The fourth-order valence-electron chi connectivity index (χ4n) is 0.916. The van der Waals surface area contributed by atoms with Crippen molar-refractivity contribution in [1.82, 2.24) is 0 Å². The maximum atomic E-state index is 11.2. The highest BCUT2D eigenvalue weighted by molar-refractivity contribution is 6.32. The molecule has 0 bridgehead atoms. The lowest BCUT2D eigenvalue weighted by molar-refractivity contribution is -0.115. The summed E-state index contributed by atoms with van der Waals surface area (Å²) in [5.41, 5.74) is 0.711. The number of methoxy groups -OCH3 is 1. The number of carbonyl (C=O) groups is 1. The number of amides is 1. The van der Waals surface area contributed by atoms with Gasteiger partial charge in [-0.3, -0.25) is 4.79 Å². The summed E-state index contributed by atoms with van der Waals surface area (Å²) in [4.78, 5) is 11.2. The molecule has 1 atom stereocenters. The van der Waals surface area contributed by atoms with Crippen LogP contribution in [0.3, 0.4) is 0 Å². The molecule has 0 aromatic heterocycles. The summed E-state index contributed by atoms with van der Waals surface area (Å²) in [6.07, 6.45) is 0. The van der Waals surface area contributed by atoms with E-state index in [0.717, 1.165) is 5.75 Å². The molecule has 1 N–H and O–H groups in total. The number of alkyl halides is 1. The van der Waals surface area contributed by atoms with E-state index in [2.05, 4.69) is 5.32 Å². The Kier molecular flexibility index (Phi) is 3.77. The van der Waals surface area contributed by atoms with Crippen molar-refractivity contribution in [2.24, 2.45) is 0 Å². The van der Waals surface area contributed by atoms with Gasteiger partial charge in [0.25, 0.3) is 0 Å². The van der Waals surface area contributed by atoms with Crippen molar-refractivity contribution in [2.45, 2.75) is 12.3 Å². The molecule has 0 saturated carbocycles. The Morgan fingerprint density at radius 2 is 2.00 bits per heavy atom. The van der Waals surface area contributed by atoms with Gasteiger partial charge in [-0.2, -0.15) is 0 Å². The van der Waals surface area contributed by atoms with Gasteiger partial charge in [-0.1, -0.05) is 0 Å². The van der Waals surface area contributed by atoms with Crippen LogP contribution in [-0.2, 0) is 4.79 Å². The normalized spacial score (nSPS) is 11.9. The monoisotopic (exact) mass is 213 g/mol. The molecule has 0 spiro atoms. The smallest absolute Gasteiger partial charge is 0.242 e. The topological polar surface area (TPSA) is 38.3 Å². The van der Waals surface area contributed by atoms with Crippen LogP contribution < -0.4 is 10.1 Å². The quantitative estimate of drug-likeness (QED) is 0.783. The molecule has 0 aliphatic heterocycles. The van der Waals surface area contributed by atoms with Crippen molar-refractivity contribution in [3.05, 3.63) is 24.3 Å². The number of ether oxygens (including phenoxy) is 1. The van der Waals surface area contributed by atoms with Crippen molar-refractivity contribution < 1.29 is 9.53 Å². The third kappa shape index (κ3) is 2.92. The van der Waals surface area contributed by atoms with Crippen molar-refractivity contribution in [1.29, 1.82) is 0 Å². The maximum absolute atomic E-state index is 11.2. The van der Waals surface area contributed by atoms with E-state index in [9.17, 15) is 4.79 Å². The van der Waals surface area contributed by atoms with Crippen molar-refractivity contribution in [3.8, 4) is 5.75 Å². The van der Waals surface area contributed by atoms with Crippen LogP contribution in [0.15, 0.2) is 24.3 Å². The molecule has 0 aliphatic carbocycles. The zero-order valence-corrected chi connectivity index (χ0v) is 8.84. The predicted molar refractivity (Wildman–Crippen MR) is 56.9 cm³/mol. The maximum Gasteiger partial charge on any atom is 0.242 e. The Labute approximate surface area is 88.0 Å². The van der Waals surface area contributed by atoms with Crippen LogP contribution in [0.2, 0.25) is 0 Å². The molecule has 1 rings (SSSR count). The van der Waals surface area contributed by atoms with E-state index in [4.69, 9.17) is 16.3 Å². The number of anilines is 1. The summed E-state index contributed by atoms with van der Waals surface area (Å²) < 4.78 is 4.98. The highest BCUT2D eigenvalue weighted by atomic mass is 35.5. The van der Waals surface area contributed by atoms with Gasteiger partial charge in [0.1, 0.15) is 11.1 Å². The summed E-state index contributed by atoms with van der Waals surface area (Å²) in [5.74, 6) is 0.541. The molecule has 1 unspecified atom stereocenters. The Balaban J connectivity index is 2.64. The molecule has 14 heavy (non-hydrogen) atoms. The zero-order valence-electron chi connectivity index (χ0n) is 8.08. The number of hydrogen-bond acceptors (Lipinski definition) is 2. The molecule has 3 nitrogen and oxygen atoms in total. The highest BCUT2D eigenvalue weighted by Crippen LogP contribution is 2.15. The first kappa shape index (κ1) is 10.9. The van der Waals surface area contributed by atoms with Crippen LogP contribution in [0, 0.1) is 0 Å². The predicted octanol–water partition coefficient (Wildman–Crippen LogP) is 2.26. The number of rotatable bonds is 3. The van der Waals surface area contributed by atoms with E-state index >= 15 is 0 Å². The first-order valence-electron chi connectivity index (χ1n) is 4.22. The van der Waals surface area contributed by atoms with Crippen LogP contribution in [0.1, 0.15) is 6.92 Å². The number of benzene rings is 1. The SMILES string of the molecule is COc1ccc(NC(=O)C(C)Cl)cc1. The average Bonchev–Trinajstić information content (AvgIpc) is 2.19. The molecule has 0 aliphatic rings. The van der Waals surface area contributed by atoms with Gasteiger partial charge in [0.15, 0.2) is 0 Å². The lowest BCUT2D eigenvalue weighted by atomic mass is 10.3. The number of hydrogen-bond donors (Lipinski definition) is 1. The highest BCUT2D eigenvalue weighted by Gasteiger charge is 2.08. The molecular formula is C10H12ClNO2. The molecule has 0 radical (unpaired) electrons. The van der Waals surface area contributed by atoms with Crippen molar-refractivity contribution >= 4 is 23.2 Å². The average molecular weight is 214 g/mol. The molecular weight excluding hydrogens is 202 g/mol. The first-order chi connectivity index (χ1) is 6.63. The number of halogens is 1. The van der Waals surface area contributed by atoms with Crippen LogP contribution in [0.4, 0.5) is 5.69 Å². The molecule has 0 heterocycles. The minimum absolute atomic E-state index is 0.211. The van der Waals surface area contributed by atoms with Crippen LogP contribution in [-0.4, -0.2) is 18.4 Å². The third-order valence-electron chi connectivity index (χ3n) is 1.72. The molecule has 1 aromatic rings. The summed E-state index contributed by atoms with van der Waals surface area (Å²) in [6.45, 7) is 1.63. The van der Waals surface area contributed by atoms with Crippen LogP contribution in [0.5, 0.6) is 5.75 Å². The second-order valence-electron chi connectivity index (χ2n) is 2.83. The summed E-state index contributed by atoms with van der Waals surface area (Å²) in [6, 6.07) is 7.06. The Morgan fingerprint density at radius 1 is 1.43 bits per heavy atom. The summed E-state index contributed by atoms with van der Waals surface area (Å²) in [5, 5.41) is 2.14. The van der Waals surface area contributed by atoms with E-state index in [1.54, 1.807) is 38.3 Å². The van der Waals surface area contributed by atoms with E-state index in [1.165, 1.54) is 0 Å².